The van der Waals surface area contributed by atoms with Crippen molar-refractivity contribution in [1.29, 1.82) is 0 Å². The first-order valence-corrected chi connectivity index (χ1v) is 7.45. The van der Waals surface area contributed by atoms with Crippen LogP contribution in [0.25, 0.3) is 5.69 Å². The van der Waals surface area contributed by atoms with E-state index < -0.39 is 0 Å². The molecule has 1 N–H and O–H groups in total. The topological polar surface area (TPSA) is 29.9 Å². The molecule has 3 nitrogen and oxygen atoms in total. The molecule has 1 heterocycles. The standard InChI is InChI=1S/C17H25N3/c1-5-17-15(11-18-10-13(2)3)12-19-20(17)16-8-6-7-14(4)9-16/h6-9,12-13,18H,5,10-11H2,1-4H3. The van der Waals surface area contributed by atoms with E-state index in [1.54, 1.807) is 0 Å². The first kappa shape index (κ1) is 14.8. The predicted octanol–water partition coefficient (Wildman–Crippen LogP) is 3.49. The molecule has 3 heteroatoms. The molecular weight excluding hydrogens is 246 g/mol. The van der Waals surface area contributed by atoms with Crippen molar-refractivity contribution in [2.75, 3.05) is 6.54 Å². The summed E-state index contributed by atoms with van der Waals surface area (Å²) in [7, 11) is 0. The van der Waals surface area contributed by atoms with Crippen LogP contribution in [0.15, 0.2) is 30.5 Å². The van der Waals surface area contributed by atoms with Gasteiger partial charge in [0.2, 0.25) is 0 Å². The van der Waals surface area contributed by atoms with Gasteiger partial charge in [-0.05, 0) is 43.5 Å². The zero-order valence-electron chi connectivity index (χ0n) is 13.0. The number of benzene rings is 1. The molecule has 0 bridgehead atoms. The van der Waals surface area contributed by atoms with Crippen molar-refractivity contribution in [3.63, 3.8) is 0 Å². The van der Waals surface area contributed by atoms with Crippen molar-refractivity contribution in [1.82, 2.24) is 15.1 Å². The van der Waals surface area contributed by atoms with E-state index in [0.29, 0.717) is 5.92 Å². The first-order chi connectivity index (χ1) is 9.61. The Morgan fingerprint density at radius 2 is 2.10 bits per heavy atom. The maximum absolute atomic E-state index is 4.57. The molecule has 108 valence electrons. The number of nitrogens with one attached hydrogen (secondary N) is 1. The third kappa shape index (κ3) is 3.48. The summed E-state index contributed by atoms with van der Waals surface area (Å²) in [5.74, 6) is 0.673. The van der Waals surface area contributed by atoms with Crippen LogP contribution in [0.4, 0.5) is 0 Å². The SMILES string of the molecule is CCc1c(CNCC(C)C)cnn1-c1cccc(C)c1. The van der Waals surface area contributed by atoms with E-state index in [9.17, 15) is 0 Å². The van der Waals surface area contributed by atoms with Crippen molar-refractivity contribution >= 4 is 0 Å². The summed E-state index contributed by atoms with van der Waals surface area (Å²) in [5, 5.41) is 8.07. The van der Waals surface area contributed by atoms with Gasteiger partial charge in [0.15, 0.2) is 0 Å². The van der Waals surface area contributed by atoms with Crippen LogP contribution in [-0.2, 0) is 13.0 Å². The summed E-state index contributed by atoms with van der Waals surface area (Å²) in [6.45, 7) is 10.7. The third-order valence-electron chi connectivity index (χ3n) is 3.40. The maximum atomic E-state index is 4.57. The second-order valence-electron chi connectivity index (χ2n) is 5.75. The molecule has 0 aliphatic carbocycles. The number of hydrogen-bond acceptors (Lipinski definition) is 2. The lowest BCUT2D eigenvalue weighted by atomic mass is 10.1. The molecule has 1 aromatic heterocycles. The molecular formula is C17H25N3. The number of hydrogen-bond donors (Lipinski definition) is 1. The van der Waals surface area contributed by atoms with Crippen molar-refractivity contribution in [2.24, 2.45) is 5.92 Å². The molecule has 2 rings (SSSR count). The molecule has 0 amide bonds. The molecule has 0 aliphatic rings. The summed E-state index contributed by atoms with van der Waals surface area (Å²) in [6.07, 6.45) is 2.99. The van der Waals surface area contributed by atoms with Crippen LogP contribution < -0.4 is 5.32 Å². The van der Waals surface area contributed by atoms with E-state index in [0.717, 1.165) is 25.2 Å². The first-order valence-electron chi connectivity index (χ1n) is 7.45. The average Bonchev–Trinajstić information content (AvgIpc) is 2.81. The lowest BCUT2D eigenvalue weighted by molar-refractivity contribution is 0.551. The van der Waals surface area contributed by atoms with Gasteiger partial charge in [-0.2, -0.15) is 5.10 Å². The molecule has 20 heavy (non-hydrogen) atoms. The molecule has 0 saturated heterocycles. The van der Waals surface area contributed by atoms with E-state index in [4.69, 9.17) is 0 Å². The zero-order valence-corrected chi connectivity index (χ0v) is 13.0. The van der Waals surface area contributed by atoms with E-state index >= 15 is 0 Å². The van der Waals surface area contributed by atoms with Crippen LogP contribution in [0.1, 0.15) is 37.6 Å². The number of rotatable bonds is 6. The Morgan fingerprint density at radius 1 is 1.30 bits per heavy atom. The molecule has 0 atom stereocenters. The highest BCUT2D eigenvalue weighted by atomic mass is 15.3. The largest absolute Gasteiger partial charge is 0.312 e. The van der Waals surface area contributed by atoms with Gasteiger partial charge in [0, 0.05) is 17.8 Å². The Hall–Kier alpha value is -1.61. The average molecular weight is 271 g/mol. The Morgan fingerprint density at radius 3 is 2.75 bits per heavy atom. The van der Waals surface area contributed by atoms with Gasteiger partial charge < -0.3 is 5.32 Å². The lowest BCUT2D eigenvalue weighted by Crippen LogP contribution is -2.19. The van der Waals surface area contributed by atoms with E-state index in [-0.39, 0.29) is 0 Å². The van der Waals surface area contributed by atoms with Crippen LogP contribution in [0.3, 0.4) is 0 Å². The van der Waals surface area contributed by atoms with Gasteiger partial charge in [0.25, 0.3) is 0 Å². The maximum Gasteiger partial charge on any atom is 0.0651 e. The fourth-order valence-corrected chi connectivity index (χ4v) is 2.41. The van der Waals surface area contributed by atoms with Gasteiger partial charge in [-0.25, -0.2) is 4.68 Å². The summed E-state index contributed by atoms with van der Waals surface area (Å²) in [4.78, 5) is 0. The van der Waals surface area contributed by atoms with Gasteiger partial charge in [-0.1, -0.05) is 32.9 Å². The van der Waals surface area contributed by atoms with Gasteiger partial charge in [0.1, 0.15) is 0 Å². The summed E-state index contributed by atoms with van der Waals surface area (Å²) in [5.41, 5.74) is 5.01. The Bertz CT molecular complexity index is 555. The Kier molecular flexibility index (Phi) is 4.96. The Labute approximate surface area is 122 Å². The molecule has 0 aliphatic heterocycles. The molecule has 2 aromatic rings. The molecule has 0 fully saturated rings. The van der Waals surface area contributed by atoms with Crippen LogP contribution >= 0.6 is 0 Å². The van der Waals surface area contributed by atoms with Gasteiger partial charge in [-0.3, -0.25) is 0 Å². The van der Waals surface area contributed by atoms with Gasteiger partial charge in [0.05, 0.1) is 11.9 Å². The minimum absolute atomic E-state index is 0.673. The zero-order chi connectivity index (χ0) is 14.5. The number of aryl methyl sites for hydroxylation is 1. The fraction of sp³-hybridized carbons (Fsp3) is 0.471. The molecule has 0 radical (unpaired) electrons. The normalized spacial score (nSPS) is 11.2. The molecule has 1 aromatic carbocycles. The lowest BCUT2D eigenvalue weighted by Gasteiger charge is -2.10. The minimum atomic E-state index is 0.673. The van der Waals surface area contributed by atoms with Gasteiger partial charge >= 0.3 is 0 Å². The van der Waals surface area contributed by atoms with Crippen molar-refractivity contribution in [2.45, 2.75) is 40.7 Å². The van der Waals surface area contributed by atoms with E-state index in [1.807, 2.05) is 6.20 Å². The van der Waals surface area contributed by atoms with Crippen LogP contribution in [-0.4, -0.2) is 16.3 Å². The highest BCUT2D eigenvalue weighted by Gasteiger charge is 2.10. The van der Waals surface area contributed by atoms with Gasteiger partial charge in [-0.15, -0.1) is 0 Å². The summed E-state index contributed by atoms with van der Waals surface area (Å²) in [6, 6.07) is 8.49. The molecule has 0 unspecified atom stereocenters. The van der Waals surface area contributed by atoms with Crippen LogP contribution in [0.2, 0.25) is 0 Å². The van der Waals surface area contributed by atoms with Crippen molar-refractivity contribution in [3.8, 4) is 5.69 Å². The molecule has 0 spiro atoms. The fourth-order valence-electron chi connectivity index (χ4n) is 2.41. The predicted molar refractivity (Wildman–Crippen MR) is 84.2 cm³/mol. The monoisotopic (exact) mass is 271 g/mol. The smallest absolute Gasteiger partial charge is 0.0651 e. The second-order valence-corrected chi connectivity index (χ2v) is 5.75. The van der Waals surface area contributed by atoms with Crippen LogP contribution in [0, 0.1) is 12.8 Å². The van der Waals surface area contributed by atoms with Crippen molar-refractivity contribution < 1.29 is 0 Å². The highest BCUT2D eigenvalue weighted by Crippen LogP contribution is 2.16. The van der Waals surface area contributed by atoms with E-state index in [2.05, 4.69) is 67.1 Å². The van der Waals surface area contributed by atoms with Crippen molar-refractivity contribution in [3.05, 3.63) is 47.3 Å². The summed E-state index contributed by atoms with van der Waals surface area (Å²) < 4.78 is 2.07. The minimum Gasteiger partial charge on any atom is -0.312 e. The Balaban J connectivity index is 2.21. The molecule has 0 saturated carbocycles. The number of nitrogens with zero attached hydrogens (tertiary/aromatic N) is 2. The van der Waals surface area contributed by atoms with Crippen LogP contribution in [0.5, 0.6) is 0 Å². The highest BCUT2D eigenvalue weighted by molar-refractivity contribution is 5.38. The number of aromatic nitrogens is 2. The summed E-state index contributed by atoms with van der Waals surface area (Å²) >= 11 is 0. The van der Waals surface area contributed by atoms with E-state index in [1.165, 1.54) is 16.8 Å². The second kappa shape index (κ2) is 6.71. The quantitative estimate of drug-likeness (QED) is 0.871. The third-order valence-corrected chi connectivity index (χ3v) is 3.40.